The van der Waals surface area contributed by atoms with Crippen molar-refractivity contribution in [3.63, 3.8) is 0 Å². The highest BCUT2D eigenvalue weighted by Crippen LogP contribution is 2.01. The van der Waals surface area contributed by atoms with E-state index in [-0.39, 0.29) is 5.97 Å². The van der Waals surface area contributed by atoms with Crippen LogP contribution < -0.4 is 0 Å². The number of carbonyl (C=O) groups excluding carboxylic acids is 1. The van der Waals surface area contributed by atoms with Gasteiger partial charge < -0.3 is 9.64 Å². The number of carbonyl (C=O) groups is 1. The fourth-order valence-electron chi connectivity index (χ4n) is 1.35. The van der Waals surface area contributed by atoms with E-state index in [0.29, 0.717) is 6.61 Å². The molecule has 3 nitrogen and oxygen atoms in total. The lowest BCUT2D eigenvalue weighted by Gasteiger charge is -2.08. The van der Waals surface area contributed by atoms with Gasteiger partial charge in [-0.15, -0.1) is 0 Å². The fraction of sp³-hybridized carbons (Fsp3) is 0.643. The summed E-state index contributed by atoms with van der Waals surface area (Å²) >= 11 is 0. The molecule has 0 atom stereocenters. The van der Waals surface area contributed by atoms with Gasteiger partial charge in [-0.2, -0.15) is 0 Å². The van der Waals surface area contributed by atoms with E-state index in [4.69, 9.17) is 4.74 Å². The van der Waals surface area contributed by atoms with Gasteiger partial charge in [0.25, 0.3) is 0 Å². The van der Waals surface area contributed by atoms with E-state index >= 15 is 0 Å². The van der Waals surface area contributed by atoms with Crippen LogP contribution in [0.3, 0.4) is 0 Å². The molecule has 0 saturated heterocycles. The van der Waals surface area contributed by atoms with Gasteiger partial charge in [-0.1, -0.05) is 31.1 Å². The Balaban J connectivity index is 3.30. The van der Waals surface area contributed by atoms with Gasteiger partial charge in [0.15, 0.2) is 0 Å². The Labute approximate surface area is 105 Å². The van der Waals surface area contributed by atoms with Crippen LogP contribution in [-0.2, 0) is 9.53 Å². The maximum Gasteiger partial charge on any atom is 0.330 e. The van der Waals surface area contributed by atoms with E-state index in [1.165, 1.54) is 18.9 Å². The van der Waals surface area contributed by atoms with E-state index in [1.807, 2.05) is 19.1 Å². The van der Waals surface area contributed by atoms with Crippen molar-refractivity contribution in [1.82, 2.24) is 4.90 Å². The first-order valence-electron chi connectivity index (χ1n) is 6.27. The molecule has 0 bridgehead atoms. The SMILES string of the molecule is CC=CC=CC(=O)OCCCCCCN(C)C. The van der Waals surface area contributed by atoms with Gasteiger partial charge in [-0.05, 0) is 40.4 Å². The Bertz CT molecular complexity index is 245. The number of ether oxygens (including phenoxy) is 1. The minimum absolute atomic E-state index is 0.253. The molecule has 0 aromatic rings. The molecule has 0 saturated carbocycles. The van der Waals surface area contributed by atoms with Crippen LogP contribution in [0.4, 0.5) is 0 Å². The van der Waals surface area contributed by atoms with Gasteiger partial charge in [-0.3, -0.25) is 0 Å². The van der Waals surface area contributed by atoms with Gasteiger partial charge in [0, 0.05) is 6.08 Å². The average Bonchev–Trinajstić information content (AvgIpc) is 2.28. The standard InChI is InChI=1S/C14H25NO2/c1-4-5-8-11-14(16)17-13-10-7-6-9-12-15(2)3/h4-5,8,11H,6-7,9-10,12-13H2,1-3H3. The Morgan fingerprint density at radius 3 is 2.47 bits per heavy atom. The minimum Gasteiger partial charge on any atom is -0.463 e. The Kier molecular flexibility index (Phi) is 10.7. The monoisotopic (exact) mass is 239 g/mol. The van der Waals surface area contributed by atoms with Crippen LogP contribution in [0.1, 0.15) is 32.6 Å². The molecule has 98 valence electrons. The number of hydrogen-bond acceptors (Lipinski definition) is 3. The van der Waals surface area contributed by atoms with Crippen LogP contribution in [0.25, 0.3) is 0 Å². The molecule has 17 heavy (non-hydrogen) atoms. The van der Waals surface area contributed by atoms with Crippen molar-refractivity contribution >= 4 is 5.97 Å². The van der Waals surface area contributed by atoms with E-state index in [2.05, 4.69) is 19.0 Å². The second kappa shape index (κ2) is 11.4. The number of unbranched alkanes of at least 4 members (excludes halogenated alkanes) is 3. The normalized spacial score (nSPS) is 11.8. The zero-order chi connectivity index (χ0) is 12.9. The van der Waals surface area contributed by atoms with Gasteiger partial charge in [0.1, 0.15) is 0 Å². The minimum atomic E-state index is -0.253. The Morgan fingerprint density at radius 2 is 1.82 bits per heavy atom. The van der Waals surface area contributed by atoms with Gasteiger partial charge >= 0.3 is 5.97 Å². The summed E-state index contributed by atoms with van der Waals surface area (Å²) in [4.78, 5) is 13.3. The first-order chi connectivity index (χ1) is 8.16. The molecule has 0 fully saturated rings. The summed E-state index contributed by atoms with van der Waals surface area (Å²) in [7, 11) is 4.16. The summed E-state index contributed by atoms with van der Waals surface area (Å²) in [5.41, 5.74) is 0. The maximum absolute atomic E-state index is 11.1. The topological polar surface area (TPSA) is 29.5 Å². The molecule has 0 aromatic heterocycles. The molecular formula is C14H25NO2. The molecular weight excluding hydrogens is 214 g/mol. The summed E-state index contributed by atoms with van der Waals surface area (Å²) in [6.45, 7) is 3.57. The van der Waals surface area contributed by atoms with E-state index < -0.39 is 0 Å². The van der Waals surface area contributed by atoms with Crippen molar-refractivity contribution in [3.05, 3.63) is 24.3 Å². The zero-order valence-corrected chi connectivity index (χ0v) is 11.3. The number of hydrogen-bond donors (Lipinski definition) is 0. The molecule has 0 amide bonds. The maximum atomic E-state index is 11.1. The molecule has 0 spiro atoms. The predicted molar refractivity (Wildman–Crippen MR) is 71.9 cm³/mol. The lowest BCUT2D eigenvalue weighted by Crippen LogP contribution is -2.12. The smallest absolute Gasteiger partial charge is 0.330 e. The summed E-state index contributed by atoms with van der Waals surface area (Å²) in [5, 5.41) is 0. The summed E-state index contributed by atoms with van der Waals surface area (Å²) < 4.78 is 5.05. The zero-order valence-electron chi connectivity index (χ0n) is 11.3. The van der Waals surface area contributed by atoms with Crippen molar-refractivity contribution in [3.8, 4) is 0 Å². The van der Waals surface area contributed by atoms with Crippen LogP contribution in [-0.4, -0.2) is 38.1 Å². The quantitative estimate of drug-likeness (QED) is 0.268. The largest absolute Gasteiger partial charge is 0.463 e. The van der Waals surface area contributed by atoms with Crippen molar-refractivity contribution in [2.45, 2.75) is 32.6 Å². The van der Waals surface area contributed by atoms with Crippen LogP contribution in [0.2, 0.25) is 0 Å². The van der Waals surface area contributed by atoms with Gasteiger partial charge in [0.2, 0.25) is 0 Å². The van der Waals surface area contributed by atoms with Crippen LogP contribution in [0, 0.1) is 0 Å². The van der Waals surface area contributed by atoms with E-state index in [9.17, 15) is 4.79 Å². The van der Waals surface area contributed by atoms with Gasteiger partial charge in [0.05, 0.1) is 6.61 Å². The van der Waals surface area contributed by atoms with E-state index in [1.54, 1.807) is 6.08 Å². The van der Waals surface area contributed by atoms with Crippen LogP contribution in [0.5, 0.6) is 0 Å². The Morgan fingerprint density at radius 1 is 1.12 bits per heavy atom. The molecule has 0 aliphatic heterocycles. The first-order valence-corrected chi connectivity index (χ1v) is 6.27. The first kappa shape index (κ1) is 15.9. The summed E-state index contributed by atoms with van der Waals surface area (Å²) in [5.74, 6) is -0.253. The number of allylic oxidation sites excluding steroid dienone is 3. The molecule has 0 N–H and O–H groups in total. The highest BCUT2D eigenvalue weighted by Gasteiger charge is 1.96. The molecule has 3 heteroatoms. The Hall–Kier alpha value is -1.09. The third-order valence-corrected chi connectivity index (χ3v) is 2.28. The number of esters is 1. The molecule has 0 heterocycles. The predicted octanol–water partition coefficient (Wildman–Crippen LogP) is 2.78. The molecule has 0 radical (unpaired) electrons. The molecule has 0 aliphatic rings. The van der Waals surface area contributed by atoms with Crippen molar-refractivity contribution < 1.29 is 9.53 Å². The molecule has 0 aromatic carbocycles. The van der Waals surface area contributed by atoms with E-state index in [0.717, 1.165) is 19.4 Å². The number of nitrogens with zero attached hydrogens (tertiary/aromatic N) is 1. The molecule has 0 rings (SSSR count). The van der Waals surface area contributed by atoms with Gasteiger partial charge in [-0.25, -0.2) is 4.79 Å². The number of rotatable bonds is 9. The van der Waals surface area contributed by atoms with Crippen molar-refractivity contribution in [2.75, 3.05) is 27.2 Å². The average molecular weight is 239 g/mol. The highest BCUT2D eigenvalue weighted by atomic mass is 16.5. The second-order valence-electron chi connectivity index (χ2n) is 4.27. The second-order valence-corrected chi connectivity index (χ2v) is 4.27. The van der Waals surface area contributed by atoms with Crippen LogP contribution in [0.15, 0.2) is 24.3 Å². The highest BCUT2D eigenvalue weighted by molar-refractivity contribution is 5.82. The lowest BCUT2D eigenvalue weighted by molar-refractivity contribution is -0.137. The lowest BCUT2D eigenvalue weighted by atomic mass is 10.2. The van der Waals surface area contributed by atoms with Crippen molar-refractivity contribution in [2.24, 2.45) is 0 Å². The molecule has 0 aliphatic carbocycles. The third kappa shape index (κ3) is 12.8. The molecule has 0 unspecified atom stereocenters. The summed E-state index contributed by atoms with van der Waals surface area (Å²) in [6.07, 6.45) is 11.3. The van der Waals surface area contributed by atoms with Crippen LogP contribution >= 0.6 is 0 Å². The third-order valence-electron chi connectivity index (χ3n) is 2.28. The van der Waals surface area contributed by atoms with Crippen molar-refractivity contribution in [1.29, 1.82) is 0 Å². The summed E-state index contributed by atoms with van der Waals surface area (Å²) in [6, 6.07) is 0. The fourth-order valence-corrected chi connectivity index (χ4v) is 1.35.